The van der Waals surface area contributed by atoms with Gasteiger partial charge in [-0.1, -0.05) is 0 Å². The van der Waals surface area contributed by atoms with E-state index in [0.29, 0.717) is 24.7 Å². The number of rotatable bonds is 7. The molecule has 1 N–H and O–H groups in total. The van der Waals surface area contributed by atoms with E-state index in [1.165, 1.54) is 22.7 Å². The van der Waals surface area contributed by atoms with E-state index in [1.54, 1.807) is 16.5 Å². The molecule has 2 amide bonds. The Labute approximate surface area is 182 Å². The van der Waals surface area contributed by atoms with E-state index in [0.717, 1.165) is 28.4 Å². The van der Waals surface area contributed by atoms with Gasteiger partial charge in [-0.15, -0.1) is 22.7 Å². The minimum atomic E-state index is -0.453. The molecule has 1 aromatic carbocycles. The van der Waals surface area contributed by atoms with Crippen molar-refractivity contribution >= 4 is 39.6 Å². The minimum Gasteiger partial charge on any atom is -0.494 e. The summed E-state index contributed by atoms with van der Waals surface area (Å²) in [6.07, 6.45) is 3.31. The maximum absolute atomic E-state index is 12.9. The third-order valence-corrected chi connectivity index (χ3v) is 6.46. The molecule has 0 aliphatic carbocycles. The van der Waals surface area contributed by atoms with Gasteiger partial charge in [-0.05, 0) is 44.0 Å². The number of carbonyl (C=O) groups excluding carboxylic acids is 2. The van der Waals surface area contributed by atoms with E-state index in [-0.39, 0.29) is 18.2 Å². The van der Waals surface area contributed by atoms with Gasteiger partial charge in [0.1, 0.15) is 16.8 Å². The number of anilines is 1. The molecule has 1 unspecified atom stereocenters. The molecule has 0 radical (unpaired) electrons. The van der Waals surface area contributed by atoms with Crippen LogP contribution in [-0.2, 0) is 16.0 Å². The summed E-state index contributed by atoms with van der Waals surface area (Å²) in [7, 11) is 0. The average molecular weight is 443 g/mol. The van der Waals surface area contributed by atoms with E-state index in [2.05, 4.69) is 15.3 Å². The molecule has 9 heteroatoms. The maximum Gasteiger partial charge on any atom is 0.248 e. The Hall–Kier alpha value is -2.78. The van der Waals surface area contributed by atoms with Crippen molar-refractivity contribution in [1.82, 2.24) is 14.9 Å². The van der Waals surface area contributed by atoms with Gasteiger partial charge in [-0.25, -0.2) is 9.97 Å². The molecule has 1 saturated heterocycles. The lowest BCUT2D eigenvalue weighted by Gasteiger charge is -2.23. The number of thiazole rings is 2. The fourth-order valence-corrected chi connectivity index (χ4v) is 4.81. The molecule has 0 spiro atoms. The van der Waals surface area contributed by atoms with Crippen LogP contribution >= 0.6 is 22.7 Å². The van der Waals surface area contributed by atoms with Crippen molar-refractivity contribution in [3.63, 3.8) is 0 Å². The van der Waals surface area contributed by atoms with Crippen LogP contribution in [0.3, 0.4) is 0 Å². The van der Waals surface area contributed by atoms with Gasteiger partial charge in [-0.3, -0.25) is 9.59 Å². The Kier molecular flexibility index (Phi) is 6.39. The summed E-state index contributed by atoms with van der Waals surface area (Å²) in [5, 5.41) is 7.93. The zero-order valence-corrected chi connectivity index (χ0v) is 18.2. The van der Waals surface area contributed by atoms with Crippen LogP contribution in [0.1, 0.15) is 25.5 Å². The summed E-state index contributed by atoms with van der Waals surface area (Å²) in [6.45, 7) is 3.17. The van der Waals surface area contributed by atoms with Crippen molar-refractivity contribution in [1.29, 1.82) is 0 Å². The number of nitrogens with zero attached hydrogens (tertiary/aromatic N) is 3. The van der Waals surface area contributed by atoms with Crippen molar-refractivity contribution in [2.45, 2.75) is 32.2 Å². The molecule has 1 aliphatic rings. The normalized spacial score (nSPS) is 15.9. The summed E-state index contributed by atoms with van der Waals surface area (Å²) in [6, 6.07) is 7.32. The highest BCUT2D eigenvalue weighted by Gasteiger charge is 2.34. The highest BCUT2D eigenvalue weighted by molar-refractivity contribution is 7.13. The minimum absolute atomic E-state index is 0.0738. The Morgan fingerprint density at radius 2 is 2.10 bits per heavy atom. The van der Waals surface area contributed by atoms with Gasteiger partial charge in [0, 0.05) is 29.1 Å². The lowest BCUT2D eigenvalue weighted by atomic mass is 10.2. The summed E-state index contributed by atoms with van der Waals surface area (Å²) >= 11 is 2.87. The van der Waals surface area contributed by atoms with E-state index in [1.807, 2.05) is 36.6 Å². The molecule has 0 bridgehead atoms. The standard InChI is InChI=1S/C21H22N4O3S2/c1-2-28-16-7-5-14(6-8-16)20-23-15(13-30-20)12-18(26)25-10-3-4-17(25)19(27)24-21-22-9-11-29-21/h5-9,11,13,17H,2-4,10,12H2,1H3,(H,22,24,27). The number of benzene rings is 1. The molecule has 3 heterocycles. The van der Waals surface area contributed by atoms with Gasteiger partial charge < -0.3 is 15.0 Å². The number of likely N-dealkylation sites (tertiary alicyclic amines) is 1. The average Bonchev–Trinajstić information content (AvgIpc) is 3.50. The lowest BCUT2D eigenvalue weighted by molar-refractivity contribution is -0.136. The fraction of sp³-hybridized carbons (Fsp3) is 0.333. The van der Waals surface area contributed by atoms with Gasteiger partial charge >= 0.3 is 0 Å². The first-order chi connectivity index (χ1) is 14.6. The molecule has 0 saturated carbocycles. The van der Waals surface area contributed by atoms with Gasteiger partial charge in [0.05, 0.1) is 18.7 Å². The molecular formula is C21H22N4O3S2. The van der Waals surface area contributed by atoms with Crippen LogP contribution in [0.4, 0.5) is 5.13 Å². The van der Waals surface area contributed by atoms with E-state index in [4.69, 9.17) is 4.74 Å². The van der Waals surface area contributed by atoms with Crippen molar-refractivity contribution in [2.24, 2.45) is 0 Å². The first-order valence-electron chi connectivity index (χ1n) is 9.81. The second-order valence-electron chi connectivity index (χ2n) is 6.85. The summed E-state index contributed by atoms with van der Waals surface area (Å²) in [5.41, 5.74) is 1.71. The predicted octanol–water partition coefficient (Wildman–Crippen LogP) is 3.84. The number of aromatic nitrogens is 2. The van der Waals surface area contributed by atoms with Crippen LogP contribution in [0.2, 0.25) is 0 Å². The summed E-state index contributed by atoms with van der Waals surface area (Å²) < 4.78 is 5.47. The third-order valence-electron chi connectivity index (χ3n) is 4.83. The molecule has 30 heavy (non-hydrogen) atoms. The van der Waals surface area contributed by atoms with E-state index >= 15 is 0 Å². The quantitative estimate of drug-likeness (QED) is 0.601. The molecule has 1 fully saturated rings. The van der Waals surface area contributed by atoms with Crippen LogP contribution in [0.15, 0.2) is 41.2 Å². The summed E-state index contributed by atoms with van der Waals surface area (Å²) in [4.78, 5) is 35.8. The molecule has 156 valence electrons. The fourth-order valence-electron chi connectivity index (χ4n) is 3.45. The zero-order valence-electron chi connectivity index (χ0n) is 16.5. The van der Waals surface area contributed by atoms with Gasteiger partial charge in [-0.2, -0.15) is 0 Å². The Balaban J connectivity index is 1.39. The topological polar surface area (TPSA) is 84.4 Å². The largest absolute Gasteiger partial charge is 0.494 e. The Morgan fingerprint density at radius 3 is 2.83 bits per heavy atom. The van der Waals surface area contributed by atoms with Crippen LogP contribution in [0.5, 0.6) is 5.75 Å². The molecule has 3 aromatic rings. The molecule has 1 atom stereocenters. The molecule has 7 nitrogen and oxygen atoms in total. The van der Waals surface area contributed by atoms with Crippen LogP contribution in [-0.4, -0.2) is 45.9 Å². The highest BCUT2D eigenvalue weighted by Crippen LogP contribution is 2.27. The second kappa shape index (κ2) is 9.36. The predicted molar refractivity (Wildman–Crippen MR) is 118 cm³/mol. The third kappa shape index (κ3) is 4.68. The van der Waals surface area contributed by atoms with Crippen molar-refractivity contribution in [3.05, 3.63) is 46.9 Å². The Bertz CT molecular complexity index is 1000. The number of nitrogens with one attached hydrogen (secondary N) is 1. The van der Waals surface area contributed by atoms with Crippen molar-refractivity contribution in [2.75, 3.05) is 18.5 Å². The first-order valence-corrected chi connectivity index (χ1v) is 11.6. The van der Waals surface area contributed by atoms with Gasteiger partial charge in [0.2, 0.25) is 11.8 Å². The number of amides is 2. The lowest BCUT2D eigenvalue weighted by Crippen LogP contribution is -2.43. The number of ether oxygens (including phenoxy) is 1. The van der Waals surface area contributed by atoms with Crippen LogP contribution < -0.4 is 10.1 Å². The van der Waals surface area contributed by atoms with E-state index in [9.17, 15) is 9.59 Å². The second-order valence-corrected chi connectivity index (χ2v) is 8.60. The van der Waals surface area contributed by atoms with Gasteiger partial charge in [0.25, 0.3) is 0 Å². The van der Waals surface area contributed by atoms with Crippen molar-refractivity contribution in [3.8, 4) is 16.3 Å². The first kappa shape index (κ1) is 20.5. The van der Waals surface area contributed by atoms with Crippen molar-refractivity contribution < 1.29 is 14.3 Å². The smallest absolute Gasteiger partial charge is 0.248 e. The number of hydrogen-bond donors (Lipinski definition) is 1. The highest BCUT2D eigenvalue weighted by atomic mass is 32.1. The number of hydrogen-bond acceptors (Lipinski definition) is 7. The Morgan fingerprint density at radius 1 is 1.27 bits per heavy atom. The molecule has 2 aromatic heterocycles. The maximum atomic E-state index is 12.9. The monoisotopic (exact) mass is 442 g/mol. The van der Waals surface area contributed by atoms with Gasteiger partial charge in [0.15, 0.2) is 5.13 Å². The molecular weight excluding hydrogens is 420 g/mol. The number of carbonyl (C=O) groups is 2. The van der Waals surface area contributed by atoms with E-state index < -0.39 is 6.04 Å². The molecule has 4 rings (SSSR count). The summed E-state index contributed by atoms with van der Waals surface area (Å²) in [5.74, 6) is 0.573. The SMILES string of the molecule is CCOc1ccc(-c2nc(CC(=O)N3CCCC3C(=O)Nc3nccs3)cs2)cc1. The van der Waals surface area contributed by atoms with Crippen LogP contribution in [0.25, 0.3) is 10.6 Å². The van der Waals surface area contributed by atoms with Crippen LogP contribution in [0, 0.1) is 0 Å². The molecule has 1 aliphatic heterocycles. The zero-order chi connectivity index (χ0) is 20.9.